The monoisotopic (exact) mass is 479 g/mol. The second-order valence-electron chi connectivity index (χ2n) is 10.0. The summed E-state index contributed by atoms with van der Waals surface area (Å²) in [7, 11) is 0. The van der Waals surface area contributed by atoms with Crippen molar-refractivity contribution in [3.05, 3.63) is 64.5 Å². The van der Waals surface area contributed by atoms with Gasteiger partial charge in [-0.15, -0.1) is 0 Å². The molecule has 2 aromatic carbocycles. The van der Waals surface area contributed by atoms with Crippen LogP contribution in [0.25, 0.3) is 22.1 Å². The molecule has 1 N–H and O–H groups in total. The topological polar surface area (TPSA) is 94.8 Å². The average molecular weight is 480 g/mol. The molecule has 0 aliphatic rings. The number of nitrogens with one attached hydrogen (secondary N) is 1. The lowest BCUT2D eigenvalue weighted by Gasteiger charge is -2.23. The van der Waals surface area contributed by atoms with Crippen LogP contribution in [0.2, 0.25) is 0 Å². The normalized spacial score (nSPS) is 12.4. The minimum atomic E-state index is -0.884. The Morgan fingerprint density at radius 2 is 1.71 bits per heavy atom. The van der Waals surface area contributed by atoms with Crippen molar-refractivity contribution in [3.8, 4) is 16.9 Å². The van der Waals surface area contributed by atoms with Crippen LogP contribution >= 0.6 is 0 Å². The Bertz CT molecular complexity index is 1250. The van der Waals surface area contributed by atoms with Gasteiger partial charge in [-0.1, -0.05) is 44.2 Å². The van der Waals surface area contributed by atoms with Crippen LogP contribution in [0.1, 0.15) is 53.0 Å². The van der Waals surface area contributed by atoms with E-state index in [0.29, 0.717) is 29.9 Å². The fourth-order valence-electron chi connectivity index (χ4n) is 3.69. The maximum absolute atomic E-state index is 13.1. The van der Waals surface area contributed by atoms with Gasteiger partial charge >= 0.3 is 17.7 Å². The highest BCUT2D eigenvalue weighted by Crippen LogP contribution is 2.33. The van der Waals surface area contributed by atoms with Gasteiger partial charge in [-0.25, -0.2) is 14.4 Å². The van der Waals surface area contributed by atoms with E-state index in [0.717, 1.165) is 16.5 Å². The van der Waals surface area contributed by atoms with Crippen LogP contribution in [-0.2, 0) is 9.53 Å². The summed E-state index contributed by atoms with van der Waals surface area (Å²) >= 11 is 0. The minimum Gasteiger partial charge on any atom is -0.444 e. The number of hydrogen-bond donors (Lipinski definition) is 1. The van der Waals surface area contributed by atoms with Gasteiger partial charge in [0.05, 0.1) is 0 Å². The first kappa shape index (κ1) is 26.0. The molecule has 0 fully saturated rings. The summed E-state index contributed by atoms with van der Waals surface area (Å²) < 4.78 is 16.5. The summed E-state index contributed by atoms with van der Waals surface area (Å²) in [4.78, 5) is 37.7. The van der Waals surface area contributed by atoms with Crippen LogP contribution in [0.3, 0.4) is 0 Å². The molecule has 1 amide bonds. The van der Waals surface area contributed by atoms with Crippen LogP contribution < -0.4 is 15.7 Å². The van der Waals surface area contributed by atoms with E-state index in [1.807, 2.05) is 44.2 Å². The lowest BCUT2D eigenvalue weighted by Crippen LogP contribution is -2.45. The molecule has 0 spiro atoms. The molecule has 3 rings (SSSR count). The number of rotatable bonds is 7. The molecule has 0 bridgehead atoms. The Labute approximate surface area is 205 Å². The van der Waals surface area contributed by atoms with E-state index in [1.54, 1.807) is 39.8 Å². The summed E-state index contributed by atoms with van der Waals surface area (Å²) in [5.41, 5.74) is 1.29. The van der Waals surface area contributed by atoms with Crippen LogP contribution in [0.5, 0.6) is 5.75 Å². The zero-order valence-corrected chi connectivity index (χ0v) is 21.1. The predicted octanol–water partition coefficient (Wildman–Crippen LogP) is 6.00. The van der Waals surface area contributed by atoms with Crippen molar-refractivity contribution < 1.29 is 23.5 Å². The van der Waals surface area contributed by atoms with Gasteiger partial charge in [0.25, 0.3) is 0 Å². The van der Waals surface area contributed by atoms with Crippen molar-refractivity contribution in [2.45, 2.75) is 66.0 Å². The molecule has 7 nitrogen and oxygen atoms in total. The number of carbonyl (C=O) groups is 2. The first-order valence-electron chi connectivity index (χ1n) is 11.8. The Hall–Kier alpha value is -3.61. The number of carbonyl (C=O) groups excluding carboxylic acids is 2. The fourth-order valence-corrected chi connectivity index (χ4v) is 3.69. The van der Waals surface area contributed by atoms with Gasteiger partial charge in [-0.2, -0.15) is 0 Å². The lowest BCUT2D eigenvalue weighted by atomic mass is 10.00. The molecule has 35 heavy (non-hydrogen) atoms. The average Bonchev–Trinajstić information content (AvgIpc) is 2.77. The number of aryl methyl sites for hydroxylation is 1. The van der Waals surface area contributed by atoms with Crippen LogP contribution in [0, 0.1) is 12.8 Å². The molecule has 7 heteroatoms. The number of amides is 1. The first-order valence-corrected chi connectivity index (χ1v) is 11.8. The Kier molecular flexibility index (Phi) is 7.99. The van der Waals surface area contributed by atoms with E-state index in [1.165, 1.54) is 6.07 Å². The van der Waals surface area contributed by atoms with E-state index in [9.17, 15) is 14.4 Å². The zero-order chi connectivity index (χ0) is 25.8. The zero-order valence-electron chi connectivity index (χ0n) is 21.1. The molecule has 0 aliphatic carbocycles. The summed E-state index contributed by atoms with van der Waals surface area (Å²) in [5.74, 6) is -0.0178. The van der Waals surface area contributed by atoms with Gasteiger partial charge < -0.3 is 19.2 Å². The third kappa shape index (κ3) is 6.94. The molecule has 0 unspecified atom stereocenters. The van der Waals surface area contributed by atoms with Crippen LogP contribution in [-0.4, -0.2) is 23.7 Å². The largest absolute Gasteiger partial charge is 0.444 e. The maximum Gasteiger partial charge on any atom is 0.408 e. The molecule has 1 atom stereocenters. The highest BCUT2D eigenvalue weighted by molar-refractivity contribution is 5.96. The summed E-state index contributed by atoms with van der Waals surface area (Å²) in [5, 5.41) is 3.37. The van der Waals surface area contributed by atoms with Gasteiger partial charge in [0, 0.05) is 17.0 Å². The quantitative estimate of drug-likeness (QED) is 0.254. The lowest BCUT2D eigenvalue weighted by molar-refractivity contribution is -0.137. The molecule has 186 valence electrons. The summed E-state index contributed by atoms with van der Waals surface area (Å²) in [6, 6.07) is 13.5. The second-order valence-corrected chi connectivity index (χ2v) is 10.0. The molecular formula is C28H33NO6. The predicted molar refractivity (Wildman–Crippen MR) is 136 cm³/mol. The van der Waals surface area contributed by atoms with E-state index in [2.05, 4.69) is 5.32 Å². The van der Waals surface area contributed by atoms with Crippen LogP contribution in [0.4, 0.5) is 4.79 Å². The smallest absolute Gasteiger partial charge is 0.408 e. The molecule has 1 heterocycles. The van der Waals surface area contributed by atoms with Gasteiger partial charge in [-0.3, -0.25) is 0 Å². The number of esters is 1. The molecular weight excluding hydrogens is 446 g/mol. The number of ether oxygens (including phenoxy) is 2. The van der Waals surface area contributed by atoms with E-state index < -0.39 is 29.3 Å². The molecule has 3 aromatic rings. The SMILES string of the molecule is Cc1c(OC(=O)[C@@H](CCC(C)C)NC(=O)OC(C)(C)C)ccc2c(-c3ccccc3)cc(=O)oc12. The van der Waals surface area contributed by atoms with E-state index in [4.69, 9.17) is 13.9 Å². The van der Waals surface area contributed by atoms with Crippen molar-refractivity contribution >= 4 is 23.0 Å². The third-order valence-corrected chi connectivity index (χ3v) is 5.41. The molecule has 1 aromatic heterocycles. The van der Waals surface area contributed by atoms with Crippen molar-refractivity contribution in [1.82, 2.24) is 5.32 Å². The van der Waals surface area contributed by atoms with E-state index >= 15 is 0 Å². The van der Waals surface area contributed by atoms with Crippen molar-refractivity contribution in [2.24, 2.45) is 5.92 Å². The standard InChI is InChI=1S/C28H33NO6/c1-17(2)12-14-22(29-27(32)35-28(4,5)6)26(31)33-23-15-13-20-21(19-10-8-7-9-11-19)16-24(30)34-25(20)18(23)3/h7-11,13,15-17,22H,12,14H2,1-6H3,(H,29,32)/t22-/m1/s1. The summed E-state index contributed by atoms with van der Waals surface area (Å²) in [6.45, 7) is 11.1. The third-order valence-electron chi connectivity index (χ3n) is 5.41. The Balaban J connectivity index is 1.91. The Morgan fingerprint density at radius 1 is 1.03 bits per heavy atom. The second kappa shape index (κ2) is 10.8. The van der Waals surface area contributed by atoms with Gasteiger partial charge in [-0.05, 0) is 69.7 Å². The number of benzene rings is 2. The van der Waals surface area contributed by atoms with Crippen molar-refractivity contribution in [1.29, 1.82) is 0 Å². The van der Waals surface area contributed by atoms with Gasteiger partial charge in [0.2, 0.25) is 0 Å². The van der Waals surface area contributed by atoms with Gasteiger partial charge in [0.15, 0.2) is 0 Å². The van der Waals surface area contributed by atoms with E-state index in [-0.39, 0.29) is 5.75 Å². The van der Waals surface area contributed by atoms with Crippen molar-refractivity contribution in [3.63, 3.8) is 0 Å². The molecule has 0 aliphatic heterocycles. The highest BCUT2D eigenvalue weighted by atomic mass is 16.6. The van der Waals surface area contributed by atoms with Crippen LogP contribution in [0.15, 0.2) is 57.7 Å². The number of fused-ring (bicyclic) bond motifs is 1. The fraction of sp³-hybridized carbons (Fsp3) is 0.393. The van der Waals surface area contributed by atoms with Crippen molar-refractivity contribution in [2.75, 3.05) is 0 Å². The minimum absolute atomic E-state index is 0.261. The first-order chi connectivity index (χ1) is 16.4. The van der Waals surface area contributed by atoms with Gasteiger partial charge in [0.1, 0.15) is 23.0 Å². The maximum atomic E-state index is 13.1. The molecule has 0 saturated carbocycles. The highest BCUT2D eigenvalue weighted by Gasteiger charge is 2.27. The molecule has 0 saturated heterocycles. The molecule has 0 radical (unpaired) electrons. The summed E-state index contributed by atoms with van der Waals surface area (Å²) in [6.07, 6.45) is 0.425. The number of hydrogen-bond acceptors (Lipinski definition) is 6. The Morgan fingerprint density at radius 3 is 2.34 bits per heavy atom. The number of alkyl carbamates (subject to hydrolysis) is 1.